The summed E-state index contributed by atoms with van der Waals surface area (Å²) in [4.78, 5) is 4.52. The van der Waals surface area contributed by atoms with Gasteiger partial charge in [0.25, 0.3) is 0 Å². The molecule has 0 bridgehead atoms. The first kappa shape index (κ1) is 10.8. The first-order valence-corrected chi connectivity index (χ1v) is 6.58. The van der Waals surface area contributed by atoms with Crippen LogP contribution in [0.1, 0.15) is 0 Å². The lowest BCUT2D eigenvalue weighted by Crippen LogP contribution is -1.86. The summed E-state index contributed by atoms with van der Waals surface area (Å²) in [6.45, 7) is 0. The van der Waals surface area contributed by atoms with Gasteiger partial charge in [-0.15, -0.1) is 0 Å². The van der Waals surface area contributed by atoms with Crippen molar-refractivity contribution in [1.29, 1.82) is 0 Å². The van der Waals surface area contributed by atoms with Crippen LogP contribution in [0.4, 0.5) is 0 Å². The molecule has 0 saturated heterocycles. The van der Waals surface area contributed by atoms with Gasteiger partial charge >= 0.3 is 0 Å². The standard InChI is InChI=1S/C17H10ClN/c18-16-10-9-15-13-7-2-1-5-11(13)12-6-3-4-8-14(12)17(15)19-16/h1-10H. The van der Waals surface area contributed by atoms with Crippen molar-refractivity contribution in [3.8, 4) is 0 Å². The number of fused-ring (bicyclic) bond motifs is 6. The minimum atomic E-state index is 0.535. The molecule has 1 aromatic heterocycles. The number of nitrogens with zero attached hydrogens (tertiary/aromatic N) is 1. The Hall–Kier alpha value is -2.12. The Kier molecular flexibility index (Phi) is 2.23. The summed E-state index contributed by atoms with van der Waals surface area (Å²) in [5, 5.41) is 6.54. The zero-order chi connectivity index (χ0) is 12.8. The molecule has 0 saturated carbocycles. The van der Waals surface area contributed by atoms with Gasteiger partial charge in [0.2, 0.25) is 0 Å². The lowest BCUT2D eigenvalue weighted by Gasteiger charge is -2.09. The molecule has 1 heterocycles. The van der Waals surface area contributed by atoms with Gasteiger partial charge in [0.1, 0.15) is 5.15 Å². The van der Waals surface area contributed by atoms with Gasteiger partial charge in [-0.1, -0.05) is 60.1 Å². The van der Waals surface area contributed by atoms with Crippen molar-refractivity contribution in [2.24, 2.45) is 0 Å². The normalized spacial score (nSPS) is 11.4. The minimum absolute atomic E-state index is 0.535. The maximum atomic E-state index is 6.06. The molecule has 2 heteroatoms. The quantitative estimate of drug-likeness (QED) is 0.314. The molecule has 0 N–H and O–H groups in total. The summed E-state index contributed by atoms with van der Waals surface area (Å²) in [7, 11) is 0. The van der Waals surface area contributed by atoms with E-state index in [0.717, 1.165) is 16.3 Å². The SMILES string of the molecule is Clc1ccc2c3ccccc3c3ccccc3c2n1. The average molecular weight is 264 g/mol. The highest BCUT2D eigenvalue weighted by atomic mass is 35.5. The van der Waals surface area contributed by atoms with Crippen LogP contribution in [0.15, 0.2) is 60.7 Å². The molecular weight excluding hydrogens is 254 g/mol. The first-order valence-electron chi connectivity index (χ1n) is 6.20. The molecular formula is C17H10ClN. The van der Waals surface area contributed by atoms with Crippen LogP contribution < -0.4 is 0 Å². The van der Waals surface area contributed by atoms with Gasteiger partial charge in [-0.25, -0.2) is 4.98 Å². The van der Waals surface area contributed by atoms with E-state index in [9.17, 15) is 0 Å². The third-order valence-electron chi connectivity index (χ3n) is 3.55. The van der Waals surface area contributed by atoms with E-state index < -0.39 is 0 Å². The van der Waals surface area contributed by atoms with Gasteiger partial charge in [0.15, 0.2) is 0 Å². The Labute approximate surface area is 115 Å². The van der Waals surface area contributed by atoms with Crippen LogP contribution in [-0.2, 0) is 0 Å². The number of rotatable bonds is 0. The maximum Gasteiger partial charge on any atom is 0.129 e. The van der Waals surface area contributed by atoms with Crippen molar-refractivity contribution in [2.45, 2.75) is 0 Å². The Morgan fingerprint density at radius 2 is 1.05 bits per heavy atom. The number of pyridine rings is 1. The van der Waals surface area contributed by atoms with Crippen LogP contribution in [-0.4, -0.2) is 4.98 Å². The monoisotopic (exact) mass is 263 g/mol. The molecule has 3 aromatic carbocycles. The van der Waals surface area contributed by atoms with Crippen LogP contribution in [0.2, 0.25) is 5.15 Å². The first-order chi connectivity index (χ1) is 9.34. The Bertz CT molecular complexity index is 893. The van der Waals surface area contributed by atoms with E-state index in [4.69, 9.17) is 11.6 Å². The van der Waals surface area contributed by atoms with Crippen molar-refractivity contribution >= 4 is 44.0 Å². The van der Waals surface area contributed by atoms with E-state index in [1.165, 1.54) is 16.2 Å². The highest BCUT2D eigenvalue weighted by molar-refractivity contribution is 6.31. The van der Waals surface area contributed by atoms with Gasteiger partial charge in [0, 0.05) is 10.8 Å². The second-order valence-electron chi connectivity index (χ2n) is 4.62. The molecule has 0 atom stereocenters. The molecule has 0 radical (unpaired) electrons. The summed E-state index contributed by atoms with van der Waals surface area (Å²) in [5.74, 6) is 0. The third-order valence-corrected chi connectivity index (χ3v) is 3.76. The molecule has 0 aliphatic heterocycles. The highest BCUT2D eigenvalue weighted by Crippen LogP contribution is 2.34. The van der Waals surface area contributed by atoms with E-state index in [0.29, 0.717) is 5.15 Å². The molecule has 0 aliphatic rings. The molecule has 90 valence electrons. The summed E-state index contributed by atoms with van der Waals surface area (Å²) < 4.78 is 0. The van der Waals surface area contributed by atoms with Gasteiger partial charge in [0.05, 0.1) is 5.52 Å². The zero-order valence-corrected chi connectivity index (χ0v) is 10.9. The minimum Gasteiger partial charge on any atom is -0.235 e. The number of aromatic nitrogens is 1. The number of halogens is 1. The second kappa shape index (κ2) is 3.94. The predicted octanol–water partition coefficient (Wildman–Crippen LogP) is 5.19. The molecule has 4 rings (SSSR count). The van der Waals surface area contributed by atoms with Crippen molar-refractivity contribution < 1.29 is 0 Å². The molecule has 0 spiro atoms. The van der Waals surface area contributed by atoms with Gasteiger partial charge in [-0.3, -0.25) is 0 Å². The van der Waals surface area contributed by atoms with Crippen LogP contribution >= 0.6 is 11.6 Å². The molecule has 1 nitrogen and oxygen atoms in total. The lowest BCUT2D eigenvalue weighted by atomic mass is 9.97. The highest BCUT2D eigenvalue weighted by Gasteiger charge is 2.08. The van der Waals surface area contributed by atoms with E-state index in [1.807, 2.05) is 12.1 Å². The summed E-state index contributed by atoms with van der Waals surface area (Å²) in [6.07, 6.45) is 0. The topological polar surface area (TPSA) is 12.9 Å². The summed E-state index contributed by atoms with van der Waals surface area (Å²) >= 11 is 6.06. The van der Waals surface area contributed by atoms with Gasteiger partial charge in [-0.05, 0) is 28.3 Å². The molecule has 0 unspecified atom stereocenters. The van der Waals surface area contributed by atoms with Crippen LogP contribution in [0.3, 0.4) is 0 Å². The van der Waals surface area contributed by atoms with E-state index in [2.05, 4.69) is 53.5 Å². The third kappa shape index (κ3) is 1.52. The molecule has 19 heavy (non-hydrogen) atoms. The van der Waals surface area contributed by atoms with Crippen LogP contribution in [0, 0.1) is 0 Å². The predicted molar refractivity (Wildman–Crippen MR) is 81.8 cm³/mol. The summed E-state index contributed by atoms with van der Waals surface area (Å²) in [6, 6.07) is 20.7. The maximum absolute atomic E-state index is 6.06. The fourth-order valence-electron chi connectivity index (χ4n) is 2.74. The van der Waals surface area contributed by atoms with Crippen LogP contribution in [0.5, 0.6) is 0 Å². The molecule has 0 fully saturated rings. The number of benzene rings is 3. The van der Waals surface area contributed by atoms with E-state index in [1.54, 1.807) is 0 Å². The Balaban J connectivity index is 2.43. The van der Waals surface area contributed by atoms with Crippen LogP contribution in [0.25, 0.3) is 32.4 Å². The van der Waals surface area contributed by atoms with Gasteiger partial charge in [-0.2, -0.15) is 0 Å². The fraction of sp³-hybridized carbons (Fsp3) is 0. The fourth-order valence-corrected chi connectivity index (χ4v) is 2.88. The largest absolute Gasteiger partial charge is 0.235 e. The Morgan fingerprint density at radius 1 is 0.579 bits per heavy atom. The summed E-state index contributed by atoms with van der Waals surface area (Å²) in [5.41, 5.74) is 0.974. The molecule has 0 amide bonds. The Morgan fingerprint density at radius 3 is 1.68 bits per heavy atom. The average Bonchev–Trinajstić information content (AvgIpc) is 2.47. The lowest BCUT2D eigenvalue weighted by molar-refractivity contribution is 1.43. The van der Waals surface area contributed by atoms with Gasteiger partial charge < -0.3 is 0 Å². The van der Waals surface area contributed by atoms with Crippen molar-refractivity contribution in [1.82, 2.24) is 4.98 Å². The molecule has 0 aliphatic carbocycles. The smallest absolute Gasteiger partial charge is 0.129 e. The van der Waals surface area contributed by atoms with Crippen molar-refractivity contribution in [3.05, 3.63) is 65.8 Å². The molecule has 4 aromatic rings. The van der Waals surface area contributed by atoms with Crippen molar-refractivity contribution in [2.75, 3.05) is 0 Å². The van der Waals surface area contributed by atoms with Crippen molar-refractivity contribution in [3.63, 3.8) is 0 Å². The van der Waals surface area contributed by atoms with E-state index >= 15 is 0 Å². The zero-order valence-electron chi connectivity index (χ0n) is 10.1. The second-order valence-corrected chi connectivity index (χ2v) is 5.01. The van der Waals surface area contributed by atoms with E-state index in [-0.39, 0.29) is 0 Å². The number of hydrogen-bond acceptors (Lipinski definition) is 1. The number of hydrogen-bond donors (Lipinski definition) is 0.